The highest BCUT2D eigenvalue weighted by atomic mass is 16.6. The van der Waals surface area contributed by atoms with E-state index in [0.717, 1.165) is 16.7 Å². The maximum absolute atomic E-state index is 13.0. The first-order valence-corrected chi connectivity index (χ1v) is 12.2. The van der Waals surface area contributed by atoms with Gasteiger partial charge in [0.1, 0.15) is 12.7 Å². The normalized spacial score (nSPS) is 20.5. The Hall–Kier alpha value is -4.54. The second-order valence-electron chi connectivity index (χ2n) is 10.5. The van der Waals surface area contributed by atoms with Crippen molar-refractivity contribution in [3.05, 3.63) is 94.2 Å². The molecule has 0 saturated heterocycles. The smallest absolute Gasteiger partial charge is 0.410 e. The van der Waals surface area contributed by atoms with E-state index >= 15 is 0 Å². The van der Waals surface area contributed by atoms with Crippen LogP contribution in [0.4, 0.5) is 4.79 Å². The number of allylic oxidation sites excluding steroid dienone is 2. The number of benzene rings is 2. The summed E-state index contributed by atoms with van der Waals surface area (Å²) in [4.78, 5) is 14.5. The molecule has 4 rings (SSSR count). The molecule has 0 unspecified atom stereocenters. The van der Waals surface area contributed by atoms with E-state index in [-0.39, 0.29) is 36.4 Å². The number of nitrogens with zero attached hydrogens (tertiary/aromatic N) is 4. The monoisotopic (exact) mass is 491 g/mol. The molecule has 0 saturated carbocycles. The minimum absolute atomic E-state index is 0.0347. The van der Waals surface area contributed by atoms with Crippen LogP contribution in [0.2, 0.25) is 0 Å². The Bertz CT molecular complexity index is 1370. The van der Waals surface area contributed by atoms with Crippen molar-refractivity contribution >= 4 is 6.09 Å². The molecule has 1 aliphatic heterocycles. The van der Waals surface area contributed by atoms with E-state index in [1.165, 1.54) is 0 Å². The maximum atomic E-state index is 13.0. The summed E-state index contributed by atoms with van der Waals surface area (Å²) in [5.41, 5.74) is 8.08. The van der Waals surface area contributed by atoms with Crippen molar-refractivity contribution in [3.63, 3.8) is 0 Å². The van der Waals surface area contributed by atoms with Crippen LogP contribution in [0, 0.1) is 45.3 Å². The zero-order valence-corrected chi connectivity index (χ0v) is 21.2. The fraction of sp³-hybridized carbons (Fsp3) is 0.333. The minimum atomic E-state index is -1.76. The van der Waals surface area contributed by atoms with Crippen LogP contribution in [0.1, 0.15) is 43.4 Å². The molecule has 2 N–H and O–H groups in total. The Kier molecular flexibility index (Phi) is 6.80. The summed E-state index contributed by atoms with van der Waals surface area (Å²) in [6.07, 6.45) is 1.29. The summed E-state index contributed by atoms with van der Waals surface area (Å²) < 4.78 is 5.55. The Labute approximate surface area is 217 Å². The Balaban J connectivity index is 1.74. The van der Waals surface area contributed by atoms with Gasteiger partial charge < -0.3 is 15.4 Å². The summed E-state index contributed by atoms with van der Waals surface area (Å²) >= 11 is 0. The fourth-order valence-electron chi connectivity index (χ4n) is 5.21. The van der Waals surface area contributed by atoms with Gasteiger partial charge in [-0.2, -0.15) is 15.8 Å². The second-order valence-corrected chi connectivity index (χ2v) is 10.5. The third-order valence-corrected chi connectivity index (χ3v) is 7.26. The molecular weight excluding hydrogens is 462 g/mol. The van der Waals surface area contributed by atoms with E-state index in [1.807, 2.05) is 54.6 Å². The molecule has 0 radical (unpaired) electrons. The van der Waals surface area contributed by atoms with Crippen LogP contribution in [0.25, 0.3) is 0 Å². The Morgan fingerprint density at radius 3 is 2.30 bits per heavy atom. The van der Waals surface area contributed by atoms with Crippen molar-refractivity contribution in [1.29, 1.82) is 15.8 Å². The number of carbonyl (C=O) groups is 1. The number of amides is 1. The molecule has 7 heteroatoms. The third-order valence-electron chi connectivity index (χ3n) is 7.26. The molecule has 2 atom stereocenters. The number of fused-ring (bicyclic) bond motifs is 1. The Morgan fingerprint density at radius 1 is 1.08 bits per heavy atom. The molecule has 2 aromatic carbocycles. The molecule has 186 valence electrons. The first kappa shape index (κ1) is 25.5. The highest BCUT2D eigenvalue weighted by molar-refractivity contribution is 5.69. The number of hydrogen-bond acceptors (Lipinski definition) is 6. The zero-order valence-electron chi connectivity index (χ0n) is 21.2. The summed E-state index contributed by atoms with van der Waals surface area (Å²) in [6.45, 7) is 6.88. The number of hydrogen-bond donors (Lipinski definition) is 1. The summed E-state index contributed by atoms with van der Waals surface area (Å²) in [5, 5.41) is 30.5. The molecule has 1 heterocycles. The molecule has 2 aromatic rings. The van der Waals surface area contributed by atoms with Gasteiger partial charge >= 0.3 is 6.09 Å². The molecule has 0 fully saturated rings. The fourth-order valence-corrected chi connectivity index (χ4v) is 5.21. The van der Waals surface area contributed by atoms with Crippen molar-refractivity contribution in [3.8, 4) is 18.2 Å². The van der Waals surface area contributed by atoms with E-state index in [2.05, 4.69) is 39.0 Å². The van der Waals surface area contributed by atoms with E-state index in [1.54, 1.807) is 11.0 Å². The van der Waals surface area contributed by atoms with Crippen molar-refractivity contribution in [2.24, 2.45) is 17.1 Å². The van der Waals surface area contributed by atoms with Gasteiger partial charge in [0.25, 0.3) is 0 Å². The lowest BCUT2D eigenvalue weighted by molar-refractivity contribution is 0.0898. The largest absolute Gasteiger partial charge is 0.445 e. The van der Waals surface area contributed by atoms with Gasteiger partial charge in [0, 0.05) is 24.9 Å². The molecule has 1 amide bonds. The highest BCUT2D eigenvalue weighted by Gasteiger charge is 2.54. The quantitative estimate of drug-likeness (QED) is 0.640. The van der Waals surface area contributed by atoms with Crippen molar-refractivity contribution in [1.82, 2.24) is 4.90 Å². The first-order valence-electron chi connectivity index (χ1n) is 12.2. The van der Waals surface area contributed by atoms with Gasteiger partial charge in [0.2, 0.25) is 0 Å². The van der Waals surface area contributed by atoms with E-state index < -0.39 is 23.3 Å². The molecule has 0 bridgehead atoms. The third kappa shape index (κ3) is 4.55. The lowest BCUT2D eigenvalue weighted by Crippen LogP contribution is -2.49. The summed E-state index contributed by atoms with van der Waals surface area (Å²) in [7, 11) is 0. The molecule has 0 aromatic heterocycles. The molecule has 37 heavy (non-hydrogen) atoms. The Morgan fingerprint density at radius 2 is 1.73 bits per heavy atom. The zero-order chi connectivity index (χ0) is 26.8. The van der Waals surface area contributed by atoms with E-state index in [4.69, 9.17) is 10.5 Å². The van der Waals surface area contributed by atoms with Crippen LogP contribution in [0.3, 0.4) is 0 Å². The molecular formula is C30H29N5O2. The van der Waals surface area contributed by atoms with Crippen molar-refractivity contribution in [2.75, 3.05) is 13.1 Å². The number of ether oxygens (including phenoxy) is 1. The van der Waals surface area contributed by atoms with Crippen LogP contribution in [-0.4, -0.2) is 24.1 Å². The standard InChI is InChI=1S/C30H29N5O2/c1-29(2,3)22-11-9-21(10-12-22)26-25-16-35(28(36)37-17-20-7-5-4-6-8-20)14-13-23(25)24(15-31)27(34)30(26,18-32)19-33/h4-13,25-26H,14,16-17,34H2,1-3H3/t25-,26+/m1/s1. The average Bonchev–Trinajstić information content (AvgIpc) is 2.91. The SMILES string of the molecule is CC(C)(C)c1ccc([C@H]2[C@@H]3CN(C(=O)OCc4ccccc4)CC=C3C(C#N)=C(N)C2(C#N)C#N)cc1. The van der Waals surface area contributed by atoms with Gasteiger partial charge in [-0.1, -0.05) is 81.4 Å². The topological polar surface area (TPSA) is 127 Å². The van der Waals surface area contributed by atoms with Gasteiger partial charge in [-0.15, -0.1) is 0 Å². The summed E-state index contributed by atoms with van der Waals surface area (Å²) in [5.74, 6) is -1.16. The van der Waals surface area contributed by atoms with Crippen LogP contribution in [-0.2, 0) is 16.8 Å². The van der Waals surface area contributed by atoms with Crippen LogP contribution < -0.4 is 5.73 Å². The maximum Gasteiger partial charge on any atom is 0.410 e. The molecule has 0 spiro atoms. The number of carbonyl (C=O) groups excluding carboxylic acids is 1. The molecule has 7 nitrogen and oxygen atoms in total. The lowest BCUT2D eigenvalue weighted by atomic mass is 9.58. The van der Waals surface area contributed by atoms with Gasteiger partial charge in [0.05, 0.1) is 23.4 Å². The van der Waals surface area contributed by atoms with Crippen LogP contribution in [0.5, 0.6) is 0 Å². The lowest BCUT2D eigenvalue weighted by Gasteiger charge is -2.45. The minimum Gasteiger partial charge on any atom is -0.445 e. The predicted octanol–water partition coefficient (Wildman–Crippen LogP) is 5.05. The number of nitriles is 3. The second kappa shape index (κ2) is 9.84. The van der Waals surface area contributed by atoms with Crippen molar-refractivity contribution in [2.45, 2.75) is 38.7 Å². The van der Waals surface area contributed by atoms with E-state index in [0.29, 0.717) is 5.57 Å². The highest BCUT2D eigenvalue weighted by Crippen LogP contribution is 2.54. The number of rotatable bonds is 3. The average molecular weight is 492 g/mol. The molecule has 2 aliphatic rings. The van der Waals surface area contributed by atoms with Crippen LogP contribution in [0.15, 0.2) is 77.5 Å². The first-order chi connectivity index (χ1) is 17.7. The van der Waals surface area contributed by atoms with Gasteiger partial charge in [-0.3, -0.25) is 0 Å². The van der Waals surface area contributed by atoms with Gasteiger partial charge in [-0.05, 0) is 27.7 Å². The van der Waals surface area contributed by atoms with Gasteiger partial charge in [0.15, 0.2) is 5.41 Å². The van der Waals surface area contributed by atoms with Crippen molar-refractivity contribution < 1.29 is 9.53 Å². The molecule has 1 aliphatic carbocycles. The van der Waals surface area contributed by atoms with Gasteiger partial charge in [-0.25, -0.2) is 4.79 Å². The number of nitrogens with two attached hydrogens (primary N) is 1. The van der Waals surface area contributed by atoms with Crippen LogP contribution >= 0.6 is 0 Å². The summed E-state index contributed by atoms with van der Waals surface area (Å²) in [6, 6.07) is 23.6. The predicted molar refractivity (Wildman–Crippen MR) is 138 cm³/mol. The van der Waals surface area contributed by atoms with E-state index in [9.17, 15) is 20.6 Å².